The molecule has 16 rings (SSSR count). The minimum atomic E-state index is -0.348. The van der Waals surface area contributed by atoms with E-state index in [9.17, 15) is 0 Å². The Morgan fingerprint density at radius 1 is 0.316 bits per heavy atom. The summed E-state index contributed by atoms with van der Waals surface area (Å²) in [5.41, 5.74) is 26.5. The Morgan fingerprint density at radius 2 is 0.842 bits per heavy atom. The second-order valence-corrected chi connectivity index (χ2v) is 23.1. The molecule has 0 fully saturated rings. The lowest BCUT2D eigenvalue weighted by molar-refractivity contribution is 0.600. The fourth-order valence-corrected chi connectivity index (χ4v) is 14.4. The van der Waals surface area contributed by atoms with Crippen LogP contribution in [-0.2, 0) is 16.2 Å². The van der Waals surface area contributed by atoms with Gasteiger partial charge in [0.2, 0.25) is 0 Å². The van der Waals surface area contributed by atoms with E-state index in [1.807, 2.05) is 0 Å². The number of hydrogen-bond acceptors (Lipinski definition) is 3. The van der Waals surface area contributed by atoms with Crippen LogP contribution in [0.4, 0.5) is 17.1 Å². The van der Waals surface area contributed by atoms with Gasteiger partial charge in [0.05, 0.1) is 0 Å². The first-order chi connectivity index (χ1) is 37.0. The van der Waals surface area contributed by atoms with Crippen LogP contribution in [0.3, 0.4) is 0 Å². The maximum atomic E-state index is 7.02. The summed E-state index contributed by atoms with van der Waals surface area (Å²) >= 11 is 0. The van der Waals surface area contributed by atoms with E-state index in [0.29, 0.717) is 0 Å². The fraction of sp³-hybridized carbons (Fsp3) is 0.123. The van der Waals surface area contributed by atoms with Gasteiger partial charge in [-0.3, -0.25) is 0 Å². The van der Waals surface area contributed by atoms with Crippen molar-refractivity contribution in [3.63, 3.8) is 0 Å². The SMILES string of the molecule is CC1(C)c2cc(N(c3ccc4c(c3)C(C)(C)c3c5c(c6oc7ccccc7c6c3-4)-c3ccccc3C5(C)C)c3ccc4ccccc4c3)ccc2-c2c1cc(-c1cccc(-c3ccccc3)c1)c1oc3ccccc3c21. The minimum absolute atomic E-state index is 0.238. The number of furan rings is 2. The lowest BCUT2D eigenvalue weighted by Crippen LogP contribution is -2.24. The first-order valence-corrected chi connectivity index (χ1v) is 26.8. The molecule has 76 heavy (non-hydrogen) atoms. The van der Waals surface area contributed by atoms with Crippen molar-refractivity contribution in [1.82, 2.24) is 0 Å². The standard InChI is InChI=1S/C73H53NO2/c1-71(2)57-39-48(33-35-51(57)62-59(71)41-55(69-64(62)53-26-13-16-29-60(53)75-69)46-24-18-23-44(37-46)42-19-8-7-9-20-42)74(47-32-31-43-21-10-11-22-45(43)38-47)49-34-36-52-58(40-49)73(5,6)67-63(52)65-54-27-14-17-30-61(54)76-70(65)66-50-25-12-15-28-56(50)72(3,4)68(66)67/h7-41H,1-6H3. The van der Waals surface area contributed by atoms with Crippen molar-refractivity contribution in [3.05, 3.63) is 246 Å². The minimum Gasteiger partial charge on any atom is -0.455 e. The number of para-hydroxylation sites is 2. The van der Waals surface area contributed by atoms with Crippen molar-refractivity contribution in [1.29, 1.82) is 0 Å². The number of nitrogens with zero attached hydrogens (tertiary/aromatic N) is 1. The highest BCUT2D eigenvalue weighted by atomic mass is 16.3. The summed E-state index contributed by atoms with van der Waals surface area (Å²) in [6, 6.07) is 78.4. The molecule has 3 aliphatic rings. The van der Waals surface area contributed by atoms with E-state index >= 15 is 0 Å². The Labute approximate surface area is 442 Å². The highest BCUT2D eigenvalue weighted by molar-refractivity contribution is 6.22. The molecule has 0 spiro atoms. The molecule has 2 aromatic heterocycles. The van der Waals surface area contributed by atoms with Crippen LogP contribution < -0.4 is 4.90 Å². The number of anilines is 3. The smallest absolute Gasteiger partial charge is 0.144 e. The van der Waals surface area contributed by atoms with E-state index in [0.717, 1.165) is 55.9 Å². The maximum Gasteiger partial charge on any atom is 0.144 e. The summed E-state index contributed by atoms with van der Waals surface area (Å²) in [5.74, 6) is 0. The molecule has 0 aliphatic heterocycles. The molecule has 0 amide bonds. The third-order valence-electron chi connectivity index (χ3n) is 17.9. The average Bonchev–Trinajstić information content (AvgIpc) is 4.40. The van der Waals surface area contributed by atoms with Gasteiger partial charge >= 0.3 is 0 Å². The predicted molar refractivity (Wildman–Crippen MR) is 317 cm³/mol. The quantitative estimate of drug-likeness (QED) is 0.172. The van der Waals surface area contributed by atoms with Crippen LogP contribution in [0.15, 0.2) is 221 Å². The molecule has 0 bridgehead atoms. The molecule has 0 unspecified atom stereocenters. The van der Waals surface area contributed by atoms with E-state index in [-0.39, 0.29) is 16.2 Å². The summed E-state index contributed by atoms with van der Waals surface area (Å²) < 4.78 is 14.0. The molecular formula is C73H53NO2. The normalized spacial score (nSPS) is 15.0. The first-order valence-electron chi connectivity index (χ1n) is 26.8. The number of rotatable bonds is 5. The topological polar surface area (TPSA) is 29.5 Å². The summed E-state index contributed by atoms with van der Waals surface area (Å²) in [7, 11) is 0. The van der Waals surface area contributed by atoms with Gasteiger partial charge < -0.3 is 13.7 Å². The van der Waals surface area contributed by atoms with Crippen molar-refractivity contribution in [2.24, 2.45) is 0 Å². The van der Waals surface area contributed by atoms with Gasteiger partial charge in [-0.1, -0.05) is 193 Å². The second-order valence-electron chi connectivity index (χ2n) is 23.1. The molecule has 13 aromatic rings. The lowest BCUT2D eigenvalue weighted by atomic mass is 9.72. The largest absolute Gasteiger partial charge is 0.455 e. The van der Waals surface area contributed by atoms with Crippen molar-refractivity contribution >= 4 is 71.7 Å². The zero-order valence-electron chi connectivity index (χ0n) is 43.5. The van der Waals surface area contributed by atoms with Gasteiger partial charge in [-0.2, -0.15) is 0 Å². The van der Waals surface area contributed by atoms with Crippen LogP contribution in [0.2, 0.25) is 0 Å². The Morgan fingerprint density at radius 3 is 1.59 bits per heavy atom. The molecule has 2 heterocycles. The highest BCUT2D eigenvalue weighted by Crippen LogP contribution is 2.64. The number of hydrogen-bond donors (Lipinski definition) is 0. The van der Waals surface area contributed by atoms with Gasteiger partial charge in [-0.15, -0.1) is 0 Å². The van der Waals surface area contributed by atoms with Gasteiger partial charge in [0, 0.05) is 66.0 Å². The molecule has 3 nitrogen and oxygen atoms in total. The van der Waals surface area contributed by atoms with Crippen LogP contribution in [0.5, 0.6) is 0 Å². The number of fused-ring (bicyclic) bond motifs is 20. The van der Waals surface area contributed by atoms with Crippen LogP contribution in [0.25, 0.3) is 110 Å². The predicted octanol–water partition coefficient (Wildman–Crippen LogP) is 20.4. The van der Waals surface area contributed by atoms with Crippen LogP contribution in [0.1, 0.15) is 74.9 Å². The summed E-state index contributed by atoms with van der Waals surface area (Å²) in [4.78, 5) is 2.50. The summed E-state index contributed by atoms with van der Waals surface area (Å²) in [6.07, 6.45) is 0. The van der Waals surface area contributed by atoms with Gasteiger partial charge in [0.25, 0.3) is 0 Å². The molecule has 0 atom stereocenters. The third kappa shape index (κ3) is 5.72. The second kappa shape index (κ2) is 15.1. The van der Waals surface area contributed by atoms with E-state index in [4.69, 9.17) is 8.83 Å². The third-order valence-corrected chi connectivity index (χ3v) is 17.9. The molecule has 11 aromatic carbocycles. The molecule has 3 aliphatic carbocycles. The Balaban J connectivity index is 0.908. The Kier molecular flexibility index (Phi) is 8.65. The van der Waals surface area contributed by atoms with Gasteiger partial charge in [0.1, 0.15) is 22.3 Å². The highest BCUT2D eigenvalue weighted by Gasteiger charge is 2.49. The van der Waals surface area contributed by atoms with Crippen LogP contribution in [0, 0.1) is 0 Å². The maximum absolute atomic E-state index is 7.02. The van der Waals surface area contributed by atoms with Crippen LogP contribution >= 0.6 is 0 Å². The molecule has 362 valence electrons. The molecule has 0 radical (unpaired) electrons. The van der Waals surface area contributed by atoms with Crippen molar-refractivity contribution in [2.45, 2.75) is 57.8 Å². The van der Waals surface area contributed by atoms with Crippen molar-refractivity contribution in [2.75, 3.05) is 4.90 Å². The summed E-state index contributed by atoms with van der Waals surface area (Å²) in [5, 5.41) is 7.13. The van der Waals surface area contributed by atoms with Gasteiger partial charge in [-0.25, -0.2) is 0 Å². The van der Waals surface area contributed by atoms with E-state index in [2.05, 4.69) is 259 Å². The average molecular weight is 976 g/mol. The number of benzene rings is 11. The molecule has 0 N–H and O–H groups in total. The first kappa shape index (κ1) is 43.5. The van der Waals surface area contributed by atoms with E-state index in [1.165, 1.54) is 105 Å². The zero-order chi connectivity index (χ0) is 51.0. The van der Waals surface area contributed by atoms with Crippen molar-refractivity contribution in [3.8, 4) is 55.6 Å². The Hall–Kier alpha value is -8.92. The van der Waals surface area contributed by atoms with Crippen LogP contribution in [-0.4, -0.2) is 0 Å². The molecule has 0 saturated carbocycles. The zero-order valence-corrected chi connectivity index (χ0v) is 43.5. The summed E-state index contributed by atoms with van der Waals surface area (Å²) in [6.45, 7) is 14.6. The molecule has 0 saturated heterocycles. The lowest BCUT2D eigenvalue weighted by Gasteiger charge is -2.32. The van der Waals surface area contributed by atoms with Gasteiger partial charge in [-0.05, 0) is 149 Å². The van der Waals surface area contributed by atoms with Gasteiger partial charge in [0.15, 0.2) is 0 Å². The fourth-order valence-electron chi connectivity index (χ4n) is 14.4. The molecule has 3 heteroatoms. The van der Waals surface area contributed by atoms with Crippen molar-refractivity contribution < 1.29 is 8.83 Å². The molecular weight excluding hydrogens is 923 g/mol. The monoisotopic (exact) mass is 975 g/mol. The Bertz CT molecular complexity index is 4670. The van der Waals surface area contributed by atoms with E-state index < -0.39 is 0 Å². The van der Waals surface area contributed by atoms with E-state index in [1.54, 1.807) is 0 Å².